The van der Waals surface area contributed by atoms with Crippen molar-refractivity contribution in [3.8, 4) is 0 Å². The second kappa shape index (κ2) is 6.69. The van der Waals surface area contributed by atoms with E-state index in [2.05, 4.69) is 54.4 Å². The van der Waals surface area contributed by atoms with Crippen molar-refractivity contribution in [2.24, 2.45) is 7.05 Å². The minimum absolute atomic E-state index is 0.591. The smallest absolute Gasteiger partial charge is 0.202 e. The fourth-order valence-corrected chi connectivity index (χ4v) is 3.80. The molecule has 2 aromatic rings. The van der Waals surface area contributed by atoms with Gasteiger partial charge in [0.25, 0.3) is 0 Å². The largest absolute Gasteiger partial charge is 0.310 e. The van der Waals surface area contributed by atoms with Crippen LogP contribution in [0.1, 0.15) is 68.3 Å². The molecule has 2 saturated carbocycles. The van der Waals surface area contributed by atoms with Gasteiger partial charge in [-0.3, -0.25) is 0 Å². The Labute approximate surface area is 155 Å². The molecule has 0 saturated heterocycles. The fraction of sp³-hybridized carbons (Fsp3) is 0.600. The van der Waals surface area contributed by atoms with E-state index >= 15 is 0 Å². The molecule has 1 atom stereocenters. The Hall–Kier alpha value is -1.46. The molecule has 134 valence electrons. The lowest BCUT2D eigenvalue weighted by atomic mass is 10.0. The highest BCUT2D eigenvalue weighted by atomic mass is 32.1. The van der Waals surface area contributed by atoms with Crippen molar-refractivity contribution >= 4 is 12.2 Å². The molecule has 1 unspecified atom stereocenters. The molecule has 1 N–H and O–H groups in total. The van der Waals surface area contributed by atoms with Crippen LogP contribution in [0.5, 0.6) is 0 Å². The number of benzene rings is 1. The van der Waals surface area contributed by atoms with Crippen molar-refractivity contribution in [2.45, 2.75) is 70.6 Å². The van der Waals surface area contributed by atoms with E-state index in [0.29, 0.717) is 11.8 Å². The maximum absolute atomic E-state index is 5.65. The molecular weight excluding hydrogens is 328 g/mol. The Morgan fingerprint density at radius 2 is 1.84 bits per heavy atom. The first-order valence-corrected chi connectivity index (χ1v) is 10.0. The van der Waals surface area contributed by atoms with Crippen LogP contribution in [0.3, 0.4) is 0 Å². The van der Waals surface area contributed by atoms with E-state index in [1.807, 2.05) is 0 Å². The third kappa shape index (κ3) is 3.72. The zero-order valence-electron chi connectivity index (χ0n) is 15.5. The molecule has 25 heavy (non-hydrogen) atoms. The number of hydrogen-bond donors (Lipinski definition) is 1. The topological polar surface area (TPSA) is 27.2 Å². The van der Waals surface area contributed by atoms with Gasteiger partial charge >= 0.3 is 0 Å². The van der Waals surface area contributed by atoms with Crippen molar-refractivity contribution in [2.75, 3.05) is 0 Å². The van der Waals surface area contributed by atoms with Crippen LogP contribution >= 0.6 is 12.2 Å². The number of rotatable bonds is 7. The van der Waals surface area contributed by atoms with Crippen LogP contribution in [0.4, 0.5) is 0 Å². The minimum Gasteiger partial charge on any atom is -0.310 e. The van der Waals surface area contributed by atoms with Gasteiger partial charge in [0.1, 0.15) is 12.4 Å². The molecule has 0 bridgehead atoms. The Morgan fingerprint density at radius 3 is 2.40 bits per heavy atom. The van der Waals surface area contributed by atoms with Crippen molar-refractivity contribution in [3.63, 3.8) is 0 Å². The van der Waals surface area contributed by atoms with E-state index in [1.165, 1.54) is 42.6 Å². The summed E-state index contributed by atoms with van der Waals surface area (Å²) in [6.07, 6.45) is 5.19. The number of aromatic nitrogens is 3. The molecule has 0 aliphatic heterocycles. The fourth-order valence-electron chi connectivity index (χ4n) is 3.60. The average Bonchev–Trinajstić information content (AvgIpc) is 3.49. The van der Waals surface area contributed by atoms with Gasteiger partial charge in [0.2, 0.25) is 4.77 Å². The van der Waals surface area contributed by atoms with Gasteiger partial charge in [0.15, 0.2) is 6.67 Å². The SMILES string of the molecule is CC(C)c1ccc(C[NH+](Cn2nc(C3CC3)n(C)c2=S)C2CC2)cc1. The molecule has 2 aliphatic carbocycles. The van der Waals surface area contributed by atoms with Crippen LogP contribution in [0, 0.1) is 4.77 Å². The van der Waals surface area contributed by atoms with E-state index in [9.17, 15) is 0 Å². The summed E-state index contributed by atoms with van der Waals surface area (Å²) in [7, 11) is 2.07. The van der Waals surface area contributed by atoms with Gasteiger partial charge in [0, 0.05) is 31.4 Å². The molecular formula is C20H29N4S+. The highest BCUT2D eigenvalue weighted by Crippen LogP contribution is 2.38. The maximum atomic E-state index is 5.65. The third-order valence-corrected chi connectivity index (χ3v) is 6.09. The summed E-state index contributed by atoms with van der Waals surface area (Å²) < 4.78 is 5.06. The maximum Gasteiger partial charge on any atom is 0.202 e. The molecule has 4 rings (SSSR count). The zero-order valence-corrected chi connectivity index (χ0v) is 16.4. The van der Waals surface area contributed by atoms with E-state index in [1.54, 1.807) is 4.90 Å². The molecule has 0 amide bonds. The molecule has 2 fully saturated rings. The lowest BCUT2D eigenvalue weighted by Gasteiger charge is -2.19. The summed E-state index contributed by atoms with van der Waals surface area (Å²) in [4.78, 5) is 1.59. The van der Waals surface area contributed by atoms with Crippen molar-refractivity contribution in [1.29, 1.82) is 0 Å². The first-order valence-electron chi connectivity index (χ1n) is 9.60. The third-order valence-electron chi connectivity index (χ3n) is 5.60. The first-order chi connectivity index (χ1) is 12.0. The van der Waals surface area contributed by atoms with Crippen LogP contribution < -0.4 is 4.90 Å². The van der Waals surface area contributed by atoms with Gasteiger partial charge < -0.3 is 9.47 Å². The second-order valence-corrected chi connectivity index (χ2v) is 8.50. The van der Waals surface area contributed by atoms with Crippen LogP contribution in [-0.4, -0.2) is 20.4 Å². The minimum atomic E-state index is 0.591. The highest BCUT2D eigenvalue weighted by Gasteiger charge is 2.35. The summed E-state index contributed by atoms with van der Waals surface area (Å²) in [6.45, 7) is 6.43. The summed E-state index contributed by atoms with van der Waals surface area (Å²) in [6, 6.07) is 9.92. The summed E-state index contributed by atoms with van der Waals surface area (Å²) in [5.74, 6) is 2.41. The molecule has 1 heterocycles. The summed E-state index contributed by atoms with van der Waals surface area (Å²) >= 11 is 5.65. The van der Waals surface area contributed by atoms with E-state index in [0.717, 1.165) is 24.0 Å². The van der Waals surface area contributed by atoms with E-state index in [-0.39, 0.29) is 0 Å². The number of hydrogen-bond acceptors (Lipinski definition) is 2. The molecule has 0 spiro atoms. The molecule has 0 radical (unpaired) electrons. The molecule has 2 aliphatic rings. The molecule has 4 nitrogen and oxygen atoms in total. The van der Waals surface area contributed by atoms with Crippen LogP contribution in [0.15, 0.2) is 24.3 Å². The molecule has 5 heteroatoms. The summed E-state index contributed by atoms with van der Waals surface area (Å²) in [5, 5.41) is 4.85. The monoisotopic (exact) mass is 357 g/mol. The average molecular weight is 358 g/mol. The standard InChI is InChI=1S/C20H28N4S/c1-14(2)16-6-4-15(5-7-16)12-23(18-10-11-18)13-24-20(25)22(3)19(21-24)17-8-9-17/h4-7,14,17-18H,8-13H2,1-3H3/p+1. The predicted molar refractivity (Wildman–Crippen MR) is 102 cm³/mol. The Bertz CT molecular complexity index is 794. The number of nitrogens with zero attached hydrogens (tertiary/aromatic N) is 3. The second-order valence-electron chi connectivity index (χ2n) is 8.14. The van der Waals surface area contributed by atoms with Crippen LogP contribution in [-0.2, 0) is 20.3 Å². The van der Waals surface area contributed by atoms with E-state index < -0.39 is 0 Å². The van der Waals surface area contributed by atoms with Gasteiger partial charge in [0.05, 0.1) is 6.04 Å². The van der Waals surface area contributed by atoms with Crippen LogP contribution in [0.25, 0.3) is 0 Å². The predicted octanol–water partition coefficient (Wildman–Crippen LogP) is 3.16. The quantitative estimate of drug-likeness (QED) is 0.771. The number of nitrogens with one attached hydrogen (secondary N) is 1. The van der Waals surface area contributed by atoms with Gasteiger partial charge in [-0.15, -0.1) is 0 Å². The van der Waals surface area contributed by atoms with Gasteiger partial charge in [-0.1, -0.05) is 38.1 Å². The van der Waals surface area contributed by atoms with E-state index in [4.69, 9.17) is 17.3 Å². The van der Waals surface area contributed by atoms with Gasteiger partial charge in [-0.25, -0.2) is 0 Å². The summed E-state index contributed by atoms with van der Waals surface area (Å²) in [5.41, 5.74) is 2.83. The highest BCUT2D eigenvalue weighted by molar-refractivity contribution is 7.71. The molecule has 1 aromatic carbocycles. The van der Waals surface area contributed by atoms with Gasteiger partial charge in [-0.05, 0) is 36.5 Å². The Balaban J connectivity index is 1.50. The first kappa shape index (κ1) is 17.0. The lowest BCUT2D eigenvalue weighted by Crippen LogP contribution is -3.11. The zero-order chi connectivity index (χ0) is 17.6. The Kier molecular flexibility index (Phi) is 4.54. The van der Waals surface area contributed by atoms with Crippen LogP contribution in [0.2, 0.25) is 0 Å². The van der Waals surface area contributed by atoms with Crippen molar-refractivity contribution in [1.82, 2.24) is 14.3 Å². The lowest BCUT2D eigenvalue weighted by molar-refractivity contribution is -0.947. The van der Waals surface area contributed by atoms with Crippen molar-refractivity contribution < 1.29 is 4.90 Å². The Morgan fingerprint density at radius 1 is 1.16 bits per heavy atom. The number of quaternary nitrogens is 1. The van der Waals surface area contributed by atoms with Crippen molar-refractivity contribution in [3.05, 3.63) is 46.0 Å². The van der Waals surface area contributed by atoms with Gasteiger partial charge in [-0.2, -0.15) is 9.78 Å². The normalized spacial score (nSPS) is 18.7. The molecule has 1 aromatic heterocycles.